The Morgan fingerprint density at radius 3 is 2.90 bits per heavy atom. The Kier molecular flexibility index (Phi) is 5.86. The molecule has 0 N–H and O–H groups in total. The van der Waals surface area contributed by atoms with E-state index in [4.69, 9.17) is 14.2 Å². The number of aromatic nitrogens is 3. The molecule has 3 aromatic rings. The van der Waals surface area contributed by atoms with Crippen molar-refractivity contribution in [2.75, 3.05) is 13.2 Å². The van der Waals surface area contributed by atoms with E-state index < -0.39 is 5.97 Å². The lowest BCUT2D eigenvalue weighted by atomic mass is 10.2. The summed E-state index contributed by atoms with van der Waals surface area (Å²) in [4.78, 5) is 29.3. The van der Waals surface area contributed by atoms with Crippen molar-refractivity contribution in [1.29, 1.82) is 0 Å². The van der Waals surface area contributed by atoms with Crippen LogP contribution >= 0.6 is 11.3 Å². The van der Waals surface area contributed by atoms with E-state index in [0.717, 1.165) is 30.9 Å². The van der Waals surface area contributed by atoms with E-state index in [2.05, 4.69) is 10.1 Å². The minimum atomic E-state index is -0.490. The summed E-state index contributed by atoms with van der Waals surface area (Å²) in [5.41, 5.74) is 0.509. The maximum atomic E-state index is 12.3. The van der Waals surface area contributed by atoms with E-state index in [0.29, 0.717) is 28.6 Å². The molecule has 0 amide bonds. The van der Waals surface area contributed by atoms with E-state index in [1.165, 1.54) is 21.9 Å². The second kappa shape index (κ2) is 8.71. The quantitative estimate of drug-likeness (QED) is 0.548. The number of hydrogen-bond donors (Lipinski definition) is 0. The molecule has 9 heteroatoms. The van der Waals surface area contributed by atoms with Crippen LogP contribution < -0.4 is 10.3 Å². The van der Waals surface area contributed by atoms with Gasteiger partial charge in [0, 0.05) is 12.7 Å². The third-order valence-corrected chi connectivity index (χ3v) is 5.60. The molecule has 0 saturated carbocycles. The van der Waals surface area contributed by atoms with Gasteiger partial charge in [-0.2, -0.15) is 9.61 Å². The molecule has 4 rings (SSSR count). The second-order valence-electron chi connectivity index (χ2n) is 6.68. The lowest BCUT2D eigenvalue weighted by Gasteiger charge is -2.11. The van der Waals surface area contributed by atoms with Gasteiger partial charge in [0.2, 0.25) is 4.96 Å². The molecule has 1 aromatic carbocycles. The zero-order valence-corrected chi connectivity index (χ0v) is 16.8. The van der Waals surface area contributed by atoms with Gasteiger partial charge in [0.15, 0.2) is 0 Å². The lowest BCUT2D eigenvalue weighted by molar-refractivity contribution is 0.0467. The van der Waals surface area contributed by atoms with Gasteiger partial charge in [0.1, 0.15) is 24.0 Å². The van der Waals surface area contributed by atoms with Crippen LogP contribution in [-0.2, 0) is 22.5 Å². The zero-order chi connectivity index (χ0) is 20.2. The van der Waals surface area contributed by atoms with Gasteiger partial charge >= 0.3 is 5.97 Å². The van der Waals surface area contributed by atoms with Crippen LogP contribution in [0.25, 0.3) is 4.96 Å². The molecule has 0 spiro atoms. The summed E-state index contributed by atoms with van der Waals surface area (Å²) in [5.74, 6) is 0.186. The van der Waals surface area contributed by atoms with E-state index in [-0.39, 0.29) is 18.3 Å². The van der Waals surface area contributed by atoms with Crippen LogP contribution in [0.3, 0.4) is 0 Å². The number of aryl methyl sites for hydroxylation is 1. The van der Waals surface area contributed by atoms with E-state index in [1.807, 2.05) is 6.92 Å². The Labute approximate surface area is 171 Å². The Morgan fingerprint density at radius 1 is 1.34 bits per heavy atom. The van der Waals surface area contributed by atoms with Crippen molar-refractivity contribution in [3.8, 4) is 5.75 Å². The highest BCUT2D eigenvalue weighted by molar-refractivity contribution is 7.16. The number of ether oxygens (including phenoxy) is 3. The van der Waals surface area contributed by atoms with Crippen molar-refractivity contribution in [2.45, 2.75) is 38.9 Å². The fourth-order valence-corrected chi connectivity index (χ4v) is 3.85. The lowest BCUT2D eigenvalue weighted by Crippen LogP contribution is -2.17. The fourth-order valence-electron chi connectivity index (χ4n) is 2.99. The average Bonchev–Trinajstić information content (AvgIpc) is 3.40. The molecule has 1 aliphatic heterocycles. The normalized spacial score (nSPS) is 16.2. The maximum absolute atomic E-state index is 12.3. The van der Waals surface area contributed by atoms with Crippen LogP contribution in [0.1, 0.15) is 40.8 Å². The maximum Gasteiger partial charge on any atom is 0.338 e. The first kappa shape index (κ1) is 19.5. The van der Waals surface area contributed by atoms with Gasteiger partial charge in [0.25, 0.3) is 5.56 Å². The highest BCUT2D eigenvalue weighted by atomic mass is 32.1. The molecule has 1 atom stereocenters. The molecule has 8 nitrogen and oxygen atoms in total. The van der Waals surface area contributed by atoms with Gasteiger partial charge in [-0.15, -0.1) is 0 Å². The molecule has 1 saturated heterocycles. The number of nitrogens with zero attached hydrogens (tertiary/aromatic N) is 3. The Balaban J connectivity index is 1.35. The monoisotopic (exact) mass is 415 g/mol. The van der Waals surface area contributed by atoms with E-state index in [1.54, 1.807) is 24.3 Å². The Morgan fingerprint density at radius 2 is 2.17 bits per heavy atom. The Hall–Kier alpha value is -2.78. The molecular weight excluding hydrogens is 394 g/mol. The summed E-state index contributed by atoms with van der Waals surface area (Å²) in [6, 6.07) is 8.09. The number of fused-ring (bicyclic) bond motifs is 1. The molecule has 0 unspecified atom stereocenters. The first-order valence-corrected chi connectivity index (χ1v) is 10.3. The number of esters is 1. The van der Waals surface area contributed by atoms with Crippen molar-refractivity contribution in [2.24, 2.45) is 0 Å². The van der Waals surface area contributed by atoms with E-state index >= 15 is 0 Å². The van der Waals surface area contributed by atoms with Gasteiger partial charge in [-0.05, 0) is 43.5 Å². The van der Waals surface area contributed by atoms with Crippen LogP contribution in [0.4, 0.5) is 0 Å². The van der Waals surface area contributed by atoms with Crippen LogP contribution in [0.2, 0.25) is 0 Å². The van der Waals surface area contributed by atoms with Gasteiger partial charge in [-0.3, -0.25) is 4.79 Å². The van der Waals surface area contributed by atoms with Gasteiger partial charge < -0.3 is 14.2 Å². The predicted molar refractivity (Wildman–Crippen MR) is 107 cm³/mol. The van der Waals surface area contributed by atoms with E-state index in [9.17, 15) is 9.59 Å². The van der Waals surface area contributed by atoms with Crippen molar-refractivity contribution >= 4 is 22.3 Å². The minimum Gasteiger partial charge on any atom is -0.491 e. The molecule has 0 aliphatic carbocycles. The first-order valence-electron chi connectivity index (χ1n) is 9.52. The molecule has 0 radical (unpaired) electrons. The zero-order valence-electron chi connectivity index (χ0n) is 16.0. The summed E-state index contributed by atoms with van der Waals surface area (Å²) < 4.78 is 17.8. The van der Waals surface area contributed by atoms with Gasteiger partial charge in [-0.25, -0.2) is 9.78 Å². The third kappa shape index (κ3) is 4.63. The predicted octanol–water partition coefficient (Wildman–Crippen LogP) is 2.63. The topological polar surface area (TPSA) is 92.0 Å². The largest absolute Gasteiger partial charge is 0.491 e. The number of hydrogen-bond acceptors (Lipinski definition) is 8. The minimum absolute atomic E-state index is 0.0821. The Bertz CT molecular complexity index is 1050. The van der Waals surface area contributed by atoms with Gasteiger partial charge in [-0.1, -0.05) is 18.3 Å². The third-order valence-electron chi connectivity index (χ3n) is 4.54. The SMILES string of the molecule is CCc1nn2c(=O)cc(COC(=O)c3ccc(OC[C@@H]4CCCO4)cc3)nc2s1. The van der Waals surface area contributed by atoms with Crippen LogP contribution in [-0.4, -0.2) is 39.9 Å². The standard InChI is InChI=1S/C20H21N3O5S/c1-2-17-22-23-18(24)10-14(21-20(23)29-17)11-28-19(25)13-5-7-15(8-6-13)27-12-16-4-3-9-26-16/h5-8,10,16H,2-4,9,11-12H2,1H3/t16-/m0/s1. The van der Waals surface area contributed by atoms with Crippen LogP contribution in [0.15, 0.2) is 35.1 Å². The smallest absolute Gasteiger partial charge is 0.338 e. The fraction of sp³-hybridized carbons (Fsp3) is 0.400. The van der Waals surface area contributed by atoms with Crippen molar-refractivity contribution in [3.05, 3.63) is 57.0 Å². The summed E-state index contributed by atoms with van der Waals surface area (Å²) in [6.45, 7) is 3.17. The van der Waals surface area contributed by atoms with Crippen molar-refractivity contribution in [1.82, 2.24) is 14.6 Å². The summed E-state index contributed by atoms with van der Waals surface area (Å²) >= 11 is 1.35. The highest BCUT2D eigenvalue weighted by Gasteiger charge is 2.16. The molecule has 152 valence electrons. The van der Waals surface area contributed by atoms with Crippen LogP contribution in [0, 0.1) is 0 Å². The molecule has 29 heavy (non-hydrogen) atoms. The number of carbonyl (C=O) groups is 1. The molecule has 2 aromatic heterocycles. The van der Waals surface area contributed by atoms with Crippen molar-refractivity contribution < 1.29 is 19.0 Å². The second-order valence-corrected chi connectivity index (χ2v) is 7.72. The molecule has 0 bridgehead atoms. The summed E-state index contributed by atoms with van der Waals surface area (Å²) in [5, 5.41) is 5.02. The molecule has 3 heterocycles. The molecular formula is C20H21N3O5S. The summed E-state index contributed by atoms with van der Waals surface area (Å²) in [7, 11) is 0. The highest BCUT2D eigenvalue weighted by Crippen LogP contribution is 2.17. The molecule has 1 fully saturated rings. The average molecular weight is 415 g/mol. The van der Waals surface area contributed by atoms with Crippen molar-refractivity contribution in [3.63, 3.8) is 0 Å². The van der Waals surface area contributed by atoms with Crippen LogP contribution in [0.5, 0.6) is 5.75 Å². The first-order chi connectivity index (χ1) is 14.1. The number of benzene rings is 1. The number of rotatable bonds is 7. The number of carbonyl (C=O) groups excluding carboxylic acids is 1. The molecule has 1 aliphatic rings. The summed E-state index contributed by atoms with van der Waals surface area (Å²) in [6.07, 6.45) is 2.94. The van der Waals surface area contributed by atoms with Gasteiger partial charge in [0.05, 0.1) is 17.4 Å².